The van der Waals surface area contributed by atoms with Crippen LogP contribution in [0.5, 0.6) is 0 Å². The lowest BCUT2D eigenvalue weighted by Gasteiger charge is -2.15. The Hall–Kier alpha value is -0.560. The van der Waals surface area contributed by atoms with Gasteiger partial charge in [0.1, 0.15) is 0 Å². The van der Waals surface area contributed by atoms with E-state index in [2.05, 4.69) is 17.0 Å². The van der Waals surface area contributed by atoms with Crippen LogP contribution in [0.4, 0.5) is 0 Å². The zero-order valence-corrected chi connectivity index (χ0v) is 15.1. The molecule has 0 saturated carbocycles. The standard InChI is InChI=1S/C15H26N2O2S2/c1-11(10-20-5)8-17-21(18,19)15-7-14(9-16-4)6-12(2)13(15)3/h6-7,11,16-17H,8-10H2,1-5H3. The second-order valence-electron chi connectivity index (χ2n) is 5.48. The van der Waals surface area contributed by atoms with Crippen LogP contribution in [0.1, 0.15) is 23.6 Å². The van der Waals surface area contributed by atoms with Gasteiger partial charge in [0.2, 0.25) is 10.0 Å². The van der Waals surface area contributed by atoms with Gasteiger partial charge in [0, 0.05) is 13.1 Å². The number of sulfonamides is 1. The Kier molecular flexibility index (Phi) is 7.20. The molecule has 2 N–H and O–H groups in total. The number of rotatable bonds is 8. The first kappa shape index (κ1) is 18.5. The highest BCUT2D eigenvalue weighted by atomic mass is 32.2. The van der Waals surface area contributed by atoms with Gasteiger partial charge in [0.25, 0.3) is 0 Å². The minimum atomic E-state index is -3.45. The van der Waals surface area contributed by atoms with Crippen molar-refractivity contribution in [1.29, 1.82) is 0 Å². The van der Waals surface area contributed by atoms with E-state index in [0.29, 0.717) is 23.9 Å². The summed E-state index contributed by atoms with van der Waals surface area (Å²) in [6.07, 6.45) is 2.03. The normalized spacial score (nSPS) is 13.4. The number of hydrogen-bond acceptors (Lipinski definition) is 4. The summed E-state index contributed by atoms with van der Waals surface area (Å²) in [6.45, 7) is 6.99. The van der Waals surface area contributed by atoms with Crippen LogP contribution in [-0.4, -0.2) is 34.0 Å². The molecule has 0 heterocycles. The van der Waals surface area contributed by atoms with Gasteiger partial charge in [-0.2, -0.15) is 11.8 Å². The van der Waals surface area contributed by atoms with Crippen LogP contribution < -0.4 is 10.0 Å². The van der Waals surface area contributed by atoms with Crippen LogP contribution >= 0.6 is 11.8 Å². The fourth-order valence-electron chi connectivity index (χ4n) is 2.16. The van der Waals surface area contributed by atoms with Crippen molar-refractivity contribution in [2.75, 3.05) is 25.6 Å². The highest BCUT2D eigenvalue weighted by Gasteiger charge is 2.19. The van der Waals surface area contributed by atoms with Crippen molar-refractivity contribution in [3.63, 3.8) is 0 Å². The second-order valence-corrected chi connectivity index (χ2v) is 8.12. The second kappa shape index (κ2) is 8.17. The maximum atomic E-state index is 12.5. The van der Waals surface area contributed by atoms with Crippen LogP contribution in [0, 0.1) is 19.8 Å². The molecular weight excluding hydrogens is 304 g/mol. The van der Waals surface area contributed by atoms with E-state index < -0.39 is 10.0 Å². The van der Waals surface area contributed by atoms with E-state index in [-0.39, 0.29) is 0 Å². The van der Waals surface area contributed by atoms with Crippen LogP contribution in [0.3, 0.4) is 0 Å². The highest BCUT2D eigenvalue weighted by molar-refractivity contribution is 7.98. The topological polar surface area (TPSA) is 58.2 Å². The van der Waals surface area contributed by atoms with E-state index in [0.717, 1.165) is 22.4 Å². The van der Waals surface area contributed by atoms with Crippen molar-refractivity contribution < 1.29 is 8.42 Å². The Morgan fingerprint density at radius 3 is 2.52 bits per heavy atom. The van der Waals surface area contributed by atoms with E-state index in [1.165, 1.54) is 0 Å². The molecule has 0 aliphatic heterocycles. The molecule has 1 atom stereocenters. The molecule has 1 aromatic rings. The van der Waals surface area contributed by atoms with Gasteiger partial charge in [-0.05, 0) is 61.6 Å². The number of thioether (sulfide) groups is 1. The number of aryl methyl sites for hydroxylation is 1. The minimum Gasteiger partial charge on any atom is -0.316 e. The number of nitrogens with one attached hydrogen (secondary N) is 2. The van der Waals surface area contributed by atoms with E-state index >= 15 is 0 Å². The van der Waals surface area contributed by atoms with Gasteiger partial charge in [0.05, 0.1) is 4.90 Å². The van der Waals surface area contributed by atoms with E-state index in [9.17, 15) is 8.42 Å². The molecule has 21 heavy (non-hydrogen) atoms. The van der Waals surface area contributed by atoms with Gasteiger partial charge in [-0.15, -0.1) is 0 Å². The smallest absolute Gasteiger partial charge is 0.240 e. The minimum absolute atomic E-state index is 0.316. The van der Waals surface area contributed by atoms with Gasteiger partial charge in [0.15, 0.2) is 0 Å². The zero-order valence-electron chi connectivity index (χ0n) is 13.5. The van der Waals surface area contributed by atoms with Gasteiger partial charge in [-0.3, -0.25) is 0 Å². The molecule has 0 amide bonds. The summed E-state index contributed by atoms with van der Waals surface area (Å²) in [6, 6.07) is 3.79. The molecule has 4 nitrogen and oxygen atoms in total. The fourth-order valence-corrected chi connectivity index (χ4v) is 4.37. The monoisotopic (exact) mass is 330 g/mol. The predicted octanol–water partition coefficient (Wildman–Crippen LogP) is 2.30. The molecule has 0 fully saturated rings. The summed E-state index contributed by atoms with van der Waals surface area (Å²) in [4.78, 5) is 0.393. The Labute approximate surface area is 133 Å². The zero-order chi connectivity index (χ0) is 16.0. The molecule has 0 aliphatic rings. The van der Waals surface area contributed by atoms with Crippen molar-refractivity contribution >= 4 is 21.8 Å². The molecule has 0 saturated heterocycles. The van der Waals surface area contributed by atoms with Crippen LogP contribution in [0.15, 0.2) is 17.0 Å². The van der Waals surface area contributed by atoms with Gasteiger partial charge in [-0.25, -0.2) is 13.1 Å². The molecule has 1 aromatic carbocycles. The summed E-state index contributed by atoms with van der Waals surface area (Å²) in [7, 11) is -1.60. The molecule has 0 radical (unpaired) electrons. The molecule has 1 unspecified atom stereocenters. The van der Waals surface area contributed by atoms with Crippen LogP contribution in [0.2, 0.25) is 0 Å². The molecule has 6 heteroatoms. The van der Waals surface area contributed by atoms with Gasteiger partial charge >= 0.3 is 0 Å². The van der Waals surface area contributed by atoms with Crippen LogP contribution in [-0.2, 0) is 16.6 Å². The Balaban J connectivity index is 3.01. The van der Waals surface area contributed by atoms with Crippen molar-refractivity contribution in [2.45, 2.75) is 32.2 Å². The molecule has 0 spiro atoms. The molecule has 120 valence electrons. The fraction of sp³-hybridized carbons (Fsp3) is 0.600. The molecule has 0 bridgehead atoms. The summed E-state index contributed by atoms with van der Waals surface area (Å²) in [5, 5.41) is 3.06. The maximum Gasteiger partial charge on any atom is 0.240 e. The average molecular weight is 331 g/mol. The SMILES string of the molecule is CNCc1cc(C)c(C)c(S(=O)(=O)NCC(C)CSC)c1. The first-order chi connectivity index (χ1) is 9.81. The summed E-state index contributed by atoms with van der Waals surface area (Å²) in [5.41, 5.74) is 2.80. The number of hydrogen-bond donors (Lipinski definition) is 2. The molecule has 0 aromatic heterocycles. The Morgan fingerprint density at radius 2 is 1.95 bits per heavy atom. The van der Waals surface area contributed by atoms with Gasteiger partial charge < -0.3 is 5.32 Å². The van der Waals surface area contributed by atoms with Gasteiger partial charge in [-0.1, -0.05) is 13.0 Å². The number of benzene rings is 1. The predicted molar refractivity (Wildman–Crippen MR) is 91.4 cm³/mol. The quantitative estimate of drug-likeness (QED) is 0.768. The van der Waals surface area contributed by atoms with Crippen molar-refractivity contribution in [1.82, 2.24) is 10.0 Å². The first-order valence-corrected chi connectivity index (χ1v) is 9.92. The highest BCUT2D eigenvalue weighted by Crippen LogP contribution is 2.21. The molecular formula is C15H26N2O2S2. The Morgan fingerprint density at radius 1 is 1.29 bits per heavy atom. The van der Waals surface area contributed by atoms with Crippen LogP contribution in [0.25, 0.3) is 0 Å². The summed E-state index contributed by atoms with van der Waals surface area (Å²) >= 11 is 1.73. The van der Waals surface area contributed by atoms with Crippen molar-refractivity contribution in [3.05, 3.63) is 28.8 Å². The Bertz CT molecular complexity index is 571. The lowest BCUT2D eigenvalue weighted by molar-refractivity contribution is 0.562. The van der Waals surface area contributed by atoms with E-state index in [1.54, 1.807) is 17.8 Å². The lowest BCUT2D eigenvalue weighted by Crippen LogP contribution is -2.30. The molecule has 1 rings (SSSR count). The lowest BCUT2D eigenvalue weighted by atomic mass is 10.1. The third-order valence-electron chi connectivity index (χ3n) is 3.42. The maximum absolute atomic E-state index is 12.5. The molecule has 0 aliphatic carbocycles. The third-order valence-corrected chi connectivity index (χ3v) is 5.88. The summed E-state index contributed by atoms with van der Waals surface area (Å²) < 4.78 is 27.8. The van der Waals surface area contributed by atoms with Crippen molar-refractivity contribution in [2.24, 2.45) is 5.92 Å². The first-order valence-electron chi connectivity index (χ1n) is 7.05. The largest absolute Gasteiger partial charge is 0.316 e. The summed E-state index contributed by atoms with van der Waals surface area (Å²) in [5.74, 6) is 1.26. The van der Waals surface area contributed by atoms with E-state index in [4.69, 9.17) is 0 Å². The third kappa shape index (κ3) is 5.29. The van der Waals surface area contributed by atoms with Crippen molar-refractivity contribution in [3.8, 4) is 0 Å². The van der Waals surface area contributed by atoms with E-state index in [1.807, 2.05) is 33.2 Å². The average Bonchev–Trinajstić information content (AvgIpc) is 2.41.